The number of hydrogen-bond acceptors (Lipinski definition) is 5. The molecule has 0 fully saturated rings. The average Bonchev–Trinajstić information content (AvgIpc) is 3.05. The van der Waals surface area contributed by atoms with Crippen LogP contribution >= 0.6 is 9.47 Å². The van der Waals surface area contributed by atoms with Gasteiger partial charge in [0.25, 0.3) is 0 Å². The first-order chi connectivity index (χ1) is 22.0. The number of Topliss-reactive ketones (excluding diaryl/α,β-unsaturated/α-hetero) is 2. The Morgan fingerprint density at radius 1 is 0.489 bits per heavy atom. The predicted molar refractivity (Wildman–Crippen MR) is 196 cm³/mol. The molecule has 268 valence electrons. The number of rotatable bonds is 37. The van der Waals surface area contributed by atoms with Gasteiger partial charge in [0.15, 0.2) is 11.6 Å². The smallest absolute Gasteiger partial charge is 0.215 e. The second-order valence-corrected chi connectivity index (χ2v) is 14.0. The van der Waals surface area contributed by atoms with Gasteiger partial charge >= 0.3 is 0 Å². The average molecular weight is 657 g/mol. The minimum atomic E-state index is -1.97. The standard InChI is InChI=1S/C39H77O5P/c1-3-5-7-9-11-13-15-17-19-21-23-25-27-29-31-33-36(41)39(44-45,38(43)35-40)37(42)34-32-30-28-26-24-22-20-18-16-14-12-10-8-6-4-2/h38,40,43H,3-35,45H2,1-2H3. The minimum absolute atomic E-state index is 0.189. The maximum atomic E-state index is 13.2. The topological polar surface area (TPSA) is 83.8 Å². The Labute approximate surface area is 282 Å². The van der Waals surface area contributed by atoms with Gasteiger partial charge in [-0.25, -0.2) is 0 Å². The van der Waals surface area contributed by atoms with E-state index in [9.17, 15) is 19.8 Å². The zero-order valence-electron chi connectivity index (χ0n) is 30.1. The molecule has 0 aliphatic heterocycles. The molecular formula is C39H77O5P. The van der Waals surface area contributed by atoms with Crippen molar-refractivity contribution in [1.82, 2.24) is 0 Å². The molecule has 0 aromatic heterocycles. The number of unbranched alkanes of at least 4 members (excludes halogenated alkanes) is 28. The molecule has 0 saturated carbocycles. The first-order valence-electron chi connectivity index (χ1n) is 19.7. The quantitative estimate of drug-likeness (QED) is 0.0395. The zero-order chi connectivity index (χ0) is 33.3. The first kappa shape index (κ1) is 44.6. The van der Waals surface area contributed by atoms with E-state index in [4.69, 9.17) is 4.52 Å². The fourth-order valence-electron chi connectivity index (χ4n) is 6.55. The van der Waals surface area contributed by atoms with E-state index in [-0.39, 0.29) is 12.8 Å². The Hall–Kier alpha value is -0.350. The van der Waals surface area contributed by atoms with Crippen molar-refractivity contribution in [3.8, 4) is 0 Å². The van der Waals surface area contributed by atoms with Crippen molar-refractivity contribution in [1.29, 1.82) is 0 Å². The summed E-state index contributed by atoms with van der Waals surface area (Å²) >= 11 is 0. The molecule has 2 N–H and O–H groups in total. The molecule has 45 heavy (non-hydrogen) atoms. The van der Waals surface area contributed by atoms with Crippen molar-refractivity contribution in [2.24, 2.45) is 0 Å². The van der Waals surface area contributed by atoms with Gasteiger partial charge in [-0.05, 0) is 12.8 Å². The van der Waals surface area contributed by atoms with Gasteiger partial charge < -0.3 is 14.7 Å². The Kier molecular flexibility index (Phi) is 33.3. The highest BCUT2D eigenvalue weighted by molar-refractivity contribution is 7.10. The summed E-state index contributed by atoms with van der Waals surface area (Å²) < 4.78 is 5.37. The van der Waals surface area contributed by atoms with Crippen LogP contribution in [0, 0.1) is 0 Å². The summed E-state index contributed by atoms with van der Waals surface area (Å²) in [7, 11) is 2.01. The van der Waals surface area contributed by atoms with Crippen LogP contribution in [0.3, 0.4) is 0 Å². The summed E-state index contributed by atoms with van der Waals surface area (Å²) in [5.41, 5.74) is -1.97. The molecule has 0 amide bonds. The van der Waals surface area contributed by atoms with Crippen LogP contribution in [0.4, 0.5) is 0 Å². The van der Waals surface area contributed by atoms with Crippen molar-refractivity contribution < 1.29 is 24.3 Å². The Bertz CT molecular complexity index is 609. The van der Waals surface area contributed by atoms with Gasteiger partial charge in [0.2, 0.25) is 5.60 Å². The van der Waals surface area contributed by atoms with E-state index in [1.54, 1.807) is 0 Å². The lowest BCUT2D eigenvalue weighted by atomic mass is 9.82. The van der Waals surface area contributed by atoms with Gasteiger partial charge in [0.05, 0.1) is 6.61 Å². The largest absolute Gasteiger partial charge is 0.394 e. The molecule has 0 aromatic carbocycles. The number of aliphatic hydroxyl groups is 2. The maximum Gasteiger partial charge on any atom is 0.215 e. The third kappa shape index (κ3) is 23.6. The van der Waals surface area contributed by atoms with E-state index in [1.165, 1.54) is 154 Å². The molecule has 0 rings (SSSR count). The zero-order valence-corrected chi connectivity index (χ0v) is 31.3. The molecule has 0 aromatic rings. The SMILES string of the molecule is CCCCCCCCCCCCCCCCCC(=O)C(OP)(C(=O)CCCCCCCCCCCCCCCCC)C(O)CO. The number of carbonyl (C=O) groups excluding carboxylic acids is 2. The van der Waals surface area contributed by atoms with Crippen molar-refractivity contribution >= 4 is 21.0 Å². The highest BCUT2D eigenvalue weighted by Gasteiger charge is 2.50. The molecule has 0 aliphatic carbocycles. The number of ketones is 2. The number of hydrogen-bond donors (Lipinski definition) is 2. The molecule has 0 saturated heterocycles. The summed E-state index contributed by atoms with van der Waals surface area (Å²) in [5.74, 6) is -0.806. The van der Waals surface area contributed by atoms with E-state index in [0.29, 0.717) is 12.8 Å². The van der Waals surface area contributed by atoms with Crippen molar-refractivity contribution in [2.75, 3.05) is 6.61 Å². The summed E-state index contributed by atoms with van der Waals surface area (Å²) in [4.78, 5) is 26.4. The van der Waals surface area contributed by atoms with Gasteiger partial charge in [0.1, 0.15) is 6.10 Å². The minimum Gasteiger partial charge on any atom is -0.394 e. The second kappa shape index (κ2) is 33.5. The molecule has 5 nitrogen and oxygen atoms in total. The monoisotopic (exact) mass is 657 g/mol. The van der Waals surface area contributed by atoms with Crippen LogP contribution in [-0.2, 0) is 14.1 Å². The lowest BCUT2D eigenvalue weighted by molar-refractivity contribution is -0.160. The Balaban J connectivity index is 4.04. The van der Waals surface area contributed by atoms with Crippen LogP contribution < -0.4 is 0 Å². The van der Waals surface area contributed by atoms with Crippen LogP contribution in [0.2, 0.25) is 0 Å². The molecule has 0 bridgehead atoms. The van der Waals surface area contributed by atoms with Gasteiger partial charge in [0, 0.05) is 22.3 Å². The van der Waals surface area contributed by atoms with Gasteiger partial charge in [-0.3, -0.25) is 9.59 Å². The van der Waals surface area contributed by atoms with E-state index >= 15 is 0 Å². The van der Waals surface area contributed by atoms with Crippen LogP contribution in [-0.4, -0.2) is 40.1 Å². The van der Waals surface area contributed by atoms with Crippen LogP contribution in [0.15, 0.2) is 0 Å². The fraction of sp³-hybridized carbons (Fsp3) is 0.949. The number of aliphatic hydroxyl groups excluding tert-OH is 2. The van der Waals surface area contributed by atoms with Crippen LogP contribution in [0.1, 0.15) is 219 Å². The molecule has 6 heteroatoms. The van der Waals surface area contributed by atoms with Gasteiger partial charge in [-0.1, -0.05) is 194 Å². The second-order valence-electron chi connectivity index (χ2n) is 13.8. The molecule has 2 unspecified atom stereocenters. The fourth-order valence-corrected chi connectivity index (χ4v) is 6.97. The van der Waals surface area contributed by atoms with Gasteiger partial charge in [-0.15, -0.1) is 0 Å². The molecule has 0 spiro atoms. The first-order valence-corrected chi connectivity index (χ1v) is 20.2. The van der Waals surface area contributed by atoms with Crippen molar-refractivity contribution in [3.05, 3.63) is 0 Å². The van der Waals surface area contributed by atoms with E-state index in [0.717, 1.165) is 25.7 Å². The molecule has 2 atom stereocenters. The summed E-state index contributed by atoms with van der Waals surface area (Å²) in [5, 5.41) is 20.2. The third-order valence-electron chi connectivity index (χ3n) is 9.67. The van der Waals surface area contributed by atoms with E-state index < -0.39 is 29.9 Å². The summed E-state index contributed by atoms with van der Waals surface area (Å²) in [6, 6.07) is 0. The van der Waals surface area contributed by atoms with Crippen molar-refractivity contribution in [3.63, 3.8) is 0 Å². The Morgan fingerprint density at radius 2 is 0.711 bits per heavy atom. The molecule has 0 aliphatic rings. The van der Waals surface area contributed by atoms with Crippen LogP contribution in [0.5, 0.6) is 0 Å². The lowest BCUT2D eigenvalue weighted by Crippen LogP contribution is -2.57. The maximum absolute atomic E-state index is 13.2. The Morgan fingerprint density at radius 3 is 0.911 bits per heavy atom. The molecular weight excluding hydrogens is 579 g/mol. The highest BCUT2D eigenvalue weighted by atomic mass is 31.0. The normalized spacial score (nSPS) is 12.6. The van der Waals surface area contributed by atoms with E-state index in [1.807, 2.05) is 9.47 Å². The number of carbonyl (C=O) groups is 2. The molecule has 0 radical (unpaired) electrons. The third-order valence-corrected chi connectivity index (χ3v) is 10.0. The lowest BCUT2D eigenvalue weighted by Gasteiger charge is -2.33. The van der Waals surface area contributed by atoms with E-state index in [2.05, 4.69) is 13.8 Å². The molecule has 0 heterocycles. The summed E-state index contributed by atoms with van der Waals surface area (Å²) in [6.07, 6.45) is 36.2. The highest BCUT2D eigenvalue weighted by Crippen LogP contribution is 2.28. The summed E-state index contributed by atoms with van der Waals surface area (Å²) in [6.45, 7) is 3.85. The van der Waals surface area contributed by atoms with Crippen LogP contribution in [0.25, 0.3) is 0 Å². The van der Waals surface area contributed by atoms with Gasteiger partial charge in [-0.2, -0.15) is 0 Å². The van der Waals surface area contributed by atoms with Crippen molar-refractivity contribution in [2.45, 2.75) is 231 Å². The predicted octanol–water partition coefficient (Wildman–Crippen LogP) is 11.5.